The van der Waals surface area contributed by atoms with Crippen LogP contribution in [-0.4, -0.2) is 15.6 Å². The molecule has 0 aliphatic heterocycles. The average molecular weight is 321 g/mol. The number of carbonyl (C=O) groups is 1. The van der Waals surface area contributed by atoms with Gasteiger partial charge in [-0.25, -0.2) is 0 Å². The molecule has 0 saturated heterocycles. The van der Waals surface area contributed by atoms with Crippen LogP contribution in [0.2, 0.25) is 0 Å². The number of hydrogen-bond donors (Lipinski definition) is 1. The molecule has 1 aliphatic rings. The molecule has 1 fully saturated rings. The van der Waals surface area contributed by atoms with Crippen molar-refractivity contribution < 1.29 is 14.6 Å². The highest BCUT2D eigenvalue weighted by Crippen LogP contribution is 2.44. The number of aromatic nitrogens is 1. The molecule has 1 N–H and O–H groups in total. The van der Waals surface area contributed by atoms with Crippen LogP contribution in [0.5, 0.6) is 11.5 Å². The van der Waals surface area contributed by atoms with Gasteiger partial charge in [0.15, 0.2) is 5.75 Å². The normalized spacial score (nSPS) is 16.1. The van der Waals surface area contributed by atoms with E-state index in [0.29, 0.717) is 11.3 Å². The van der Waals surface area contributed by atoms with E-state index >= 15 is 0 Å². The summed E-state index contributed by atoms with van der Waals surface area (Å²) in [5.41, 5.74) is 0.582. The van der Waals surface area contributed by atoms with Gasteiger partial charge in [-0.3, -0.25) is 14.2 Å². The standard InChI is InChI=1S/C16H19NO4S/c1-9(18)21-14-13(19)12-11(10-6-4-3-5-7-10)8-22-16(12)17(2)15(14)20/h8,10,19H,3-7H2,1-2H3. The Bertz CT molecular complexity index is 784. The van der Waals surface area contributed by atoms with Gasteiger partial charge in [0.25, 0.3) is 5.56 Å². The second-order valence-corrected chi connectivity index (χ2v) is 6.70. The van der Waals surface area contributed by atoms with Crippen molar-refractivity contribution in [3.05, 3.63) is 21.3 Å². The largest absolute Gasteiger partial charge is 0.504 e. The molecular formula is C16H19NO4S. The molecule has 0 radical (unpaired) electrons. The third-order valence-electron chi connectivity index (χ3n) is 4.35. The lowest BCUT2D eigenvalue weighted by Crippen LogP contribution is -2.21. The maximum atomic E-state index is 12.3. The fraction of sp³-hybridized carbons (Fsp3) is 0.500. The van der Waals surface area contributed by atoms with Gasteiger partial charge in [0, 0.05) is 14.0 Å². The van der Waals surface area contributed by atoms with Gasteiger partial charge in [-0.15, -0.1) is 11.3 Å². The Kier molecular flexibility index (Phi) is 3.95. The van der Waals surface area contributed by atoms with E-state index in [4.69, 9.17) is 4.74 Å². The summed E-state index contributed by atoms with van der Waals surface area (Å²) in [6.45, 7) is 1.22. The van der Waals surface area contributed by atoms with Crippen molar-refractivity contribution in [2.75, 3.05) is 0 Å². The van der Waals surface area contributed by atoms with E-state index in [2.05, 4.69) is 0 Å². The van der Waals surface area contributed by atoms with E-state index in [0.717, 1.165) is 23.2 Å². The number of fused-ring (bicyclic) bond motifs is 1. The Morgan fingerprint density at radius 2 is 2.05 bits per heavy atom. The van der Waals surface area contributed by atoms with Gasteiger partial charge in [-0.05, 0) is 29.7 Å². The van der Waals surface area contributed by atoms with Crippen molar-refractivity contribution in [3.63, 3.8) is 0 Å². The van der Waals surface area contributed by atoms with Gasteiger partial charge in [-0.1, -0.05) is 19.3 Å². The highest BCUT2D eigenvalue weighted by Gasteiger charge is 2.25. The first-order valence-electron chi connectivity index (χ1n) is 7.52. The zero-order valence-corrected chi connectivity index (χ0v) is 13.5. The number of ether oxygens (including phenoxy) is 1. The molecule has 2 heterocycles. The Hall–Kier alpha value is -1.82. The predicted octanol–water partition coefficient (Wildman–Crippen LogP) is 3.28. The number of hydrogen-bond acceptors (Lipinski definition) is 5. The summed E-state index contributed by atoms with van der Waals surface area (Å²) in [6.07, 6.45) is 5.81. The van der Waals surface area contributed by atoms with E-state index in [1.54, 1.807) is 7.05 Å². The Labute approximate surface area is 132 Å². The molecule has 2 aromatic heterocycles. The first kappa shape index (κ1) is 15.1. The van der Waals surface area contributed by atoms with Crippen LogP contribution in [0.1, 0.15) is 50.5 Å². The summed E-state index contributed by atoms with van der Waals surface area (Å²) in [7, 11) is 1.64. The summed E-state index contributed by atoms with van der Waals surface area (Å²) < 4.78 is 6.41. The molecule has 22 heavy (non-hydrogen) atoms. The third kappa shape index (κ3) is 2.41. The van der Waals surface area contributed by atoms with Crippen LogP contribution in [-0.2, 0) is 11.8 Å². The predicted molar refractivity (Wildman–Crippen MR) is 85.9 cm³/mol. The lowest BCUT2D eigenvalue weighted by Gasteiger charge is -2.21. The molecule has 0 spiro atoms. The Morgan fingerprint density at radius 3 is 2.68 bits per heavy atom. The second-order valence-electron chi connectivity index (χ2n) is 5.84. The van der Waals surface area contributed by atoms with Crippen molar-refractivity contribution >= 4 is 27.5 Å². The minimum Gasteiger partial charge on any atom is -0.504 e. The van der Waals surface area contributed by atoms with Crippen LogP contribution < -0.4 is 10.3 Å². The van der Waals surface area contributed by atoms with Crippen LogP contribution in [0.4, 0.5) is 0 Å². The van der Waals surface area contributed by atoms with Crippen molar-refractivity contribution in [2.24, 2.45) is 7.05 Å². The molecule has 0 amide bonds. The van der Waals surface area contributed by atoms with Gasteiger partial charge in [0.2, 0.25) is 5.75 Å². The third-order valence-corrected chi connectivity index (χ3v) is 5.42. The molecule has 0 unspecified atom stereocenters. The number of pyridine rings is 1. The van der Waals surface area contributed by atoms with Gasteiger partial charge >= 0.3 is 5.97 Å². The van der Waals surface area contributed by atoms with Crippen LogP contribution in [0.3, 0.4) is 0 Å². The quantitative estimate of drug-likeness (QED) is 0.862. The molecule has 5 nitrogen and oxygen atoms in total. The molecule has 6 heteroatoms. The first-order valence-corrected chi connectivity index (χ1v) is 8.40. The van der Waals surface area contributed by atoms with Crippen LogP contribution >= 0.6 is 11.3 Å². The van der Waals surface area contributed by atoms with E-state index in [1.807, 2.05) is 5.38 Å². The summed E-state index contributed by atoms with van der Waals surface area (Å²) in [5.74, 6) is -0.676. The SMILES string of the molecule is CC(=O)Oc1c(O)c2c(C3CCCCC3)csc2n(C)c1=O. The number of aryl methyl sites for hydroxylation is 1. The second kappa shape index (κ2) is 5.76. The maximum Gasteiger partial charge on any atom is 0.308 e. The van der Waals surface area contributed by atoms with Crippen LogP contribution in [0.15, 0.2) is 10.2 Å². The van der Waals surface area contributed by atoms with Gasteiger partial charge in [0.1, 0.15) is 4.83 Å². The van der Waals surface area contributed by atoms with Gasteiger partial charge in [-0.2, -0.15) is 0 Å². The molecule has 0 atom stereocenters. The summed E-state index contributed by atoms with van der Waals surface area (Å²) >= 11 is 1.45. The Morgan fingerprint density at radius 1 is 1.36 bits per heavy atom. The van der Waals surface area contributed by atoms with Crippen molar-refractivity contribution in [1.29, 1.82) is 0 Å². The highest BCUT2D eigenvalue weighted by molar-refractivity contribution is 7.17. The van der Waals surface area contributed by atoms with Crippen molar-refractivity contribution in [1.82, 2.24) is 4.57 Å². The fourth-order valence-corrected chi connectivity index (χ4v) is 4.38. The lowest BCUT2D eigenvalue weighted by atomic mass is 9.84. The van der Waals surface area contributed by atoms with Gasteiger partial charge in [0.05, 0.1) is 5.39 Å². The van der Waals surface area contributed by atoms with E-state index < -0.39 is 11.5 Å². The molecule has 0 bridgehead atoms. The van der Waals surface area contributed by atoms with Crippen LogP contribution in [0, 0.1) is 0 Å². The molecule has 3 rings (SSSR count). The maximum absolute atomic E-state index is 12.3. The molecule has 2 aromatic rings. The van der Waals surface area contributed by atoms with E-state index in [1.165, 1.54) is 42.1 Å². The first-order chi connectivity index (χ1) is 10.5. The van der Waals surface area contributed by atoms with Crippen molar-refractivity contribution in [2.45, 2.75) is 44.9 Å². The number of aromatic hydroxyl groups is 1. The zero-order chi connectivity index (χ0) is 15.9. The summed E-state index contributed by atoms with van der Waals surface area (Å²) in [4.78, 5) is 24.2. The number of carbonyl (C=O) groups excluding carboxylic acids is 1. The monoisotopic (exact) mass is 321 g/mol. The molecule has 1 aliphatic carbocycles. The minimum absolute atomic E-state index is 0.199. The summed E-state index contributed by atoms with van der Waals surface area (Å²) in [6, 6.07) is 0. The number of esters is 1. The molecule has 1 saturated carbocycles. The molecular weight excluding hydrogens is 302 g/mol. The highest BCUT2D eigenvalue weighted by atomic mass is 32.1. The number of nitrogens with zero attached hydrogens (tertiary/aromatic N) is 1. The number of thiophene rings is 1. The minimum atomic E-state index is -0.610. The molecule has 0 aromatic carbocycles. The average Bonchev–Trinajstić information content (AvgIpc) is 2.95. The fourth-order valence-electron chi connectivity index (χ4n) is 3.25. The topological polar surface area (TPSA) is 68.5 Å². The van der Waals surface area contributed by atoms with E-state index in [9.17, 15) is 14.7 Å². The van der Waals surface area contributed by atoms with Crippen molar-refractivity contribution in [3.8, 4) is 11.5 Å². The van der Waals surface area contributed by atoms with E-state index in [-0.39, 0.29) is 11.5 Å². The molecule has 118 valence electrons. The van der Waals surface area contributed by atoms with Gasteiger partial charge < -0.3 is 9.84 Å². The lowest BCUT2D eigenvalue weighted by molar-refractivity contribution is -0.132. The smallest absolute Gasteiger partial charge is 0.308 e. The zero-order valence-electron chi connectivity index (χ0n) is 12.7. The van der Waals surface area contributed by atoms with Crippen LogP contribution in [0.25, 0.3) is 10.2 Å². The Balaban J connectivity index is 2.22. The summed E-state index contributed by atoms with van der Waals surface area (Å²) in [5, 5.41) is 13.2. The number of rotatable bonds is 2.